The highest BCUT2D eigenvalue weighted by Gasteiger charge is 2.10. The Morgan fingerprint density at radius 2 is 2.11 bits per heavy atom. The Morgan fingerprint density at radius 3 is 2.78 bits per heavy atom. The summed E-state index contributed by atoms with van der Waals surface area (Å²) in [6, 6.07) is 6.08. The van der Waals surface area contributed by atoms with Gasteiger partial charge in [0.2, 0.25) is 0 Å². The van der Waals surface area contributed by atoms with Crippen molar-refractivity contribution in [2.45, 2.75) is 13.3 Å². The molecule has 1 aliphatic heterocycles. The molecule has 1 aromatic carbocycles. The molecular weight excluding hydrogens is 228 g/mol. The zero-order valence-corrected chi connectivity index (χ0v) is 11.0. The van der Waals surface area contributed by atoms with Gasteiger partial charge >= 0.3 is 0 Å². The van der Waals surface area contributed by atoms with Gasteiger partial charge in [-0.1, -0.05) is 6.07 Å². The van der Waals surface area contributed by atoms with Crippen LogP contribution >= 0.6 is 0 Å². The van der Waals surface area contributed by atoms with E-state index in [9.17, 15) is 0 Å². The maximum Gasteiger partial charge on any atom is 0.142 e. The van der Waals surface area contributed by atoms with Crippen LogP contribution in [0.4, 0.5) is 5.69 Å². The summed E-state index contributed by atoms with van der Waals surface area (Å²) >= 11 is 0. The molecule has 1 aromatic rings. The van der Waals surface area contributed by atoms with Crippen molar-refractivity contribution >= 4 is 5.69 Å². The Hall–Kier alpha value is -1.26. The summed E-state index contributed by atoms with van der Waals surface area (Å²) in [5.74, 6) is 0.785. The average Bonchev–Trinajstić information content (AvgIpc) is 2.41. The molecule has 2 rings (SSSR count). The third-order valence-corrected chi connectivity index (χ3v) is 3.19. The van der Waals surface area contributed by atoms with Crippen molar-refractivity contribution < 1.29 is 9.47 Å². The van der Waals surface area contributed by atoms with E-state index in [-0.39, 0.29) is 0 Å². The molecule has 0 aliphatic carbocycles. The van der Waals surface area contributed by atoms with Gasteiger partial charge in [0.1, 0.15) is 5.75 Å². The minimum Gasteiger partial charge on any atom is -0.492 e. The fourth-order valence-corrected chi connectivity index (χ4v) is 2.15. The molecule has 0 aromatic heterocycles. The van der Waals surface area contributed by atoms with Gasteiger partial charge in [-0.05, 0) is 31.0 Å². The van der Waals surface area contributed by atoms with E-state index in [1.165, 1.54) is 5.56 Å². The smallest absolute Gasteiger partial charge is 0.142 e. The van der Waals surface area contributed by atoms with Crippen molar-refractivity contribution in [3.8, 4) is 5.75 Å². The number of morpholine rings is 1. The van der Waals surface area contributed by atoms with Crippen molar-refractivity contribution in [2.24, 2.45) is 0 Å². The number of nitrogens with two attached hydrogens (primary N) is 1. The monoisotopic (exact) mass is 250 g/mol. The normalized spacial score (nSPS) is 16.7. The second kappa shape index (κ2) is 6.61. The molecule has 0 unspecified atom stereocenters. The first-order valence-electron chi connectivity index (χ1n) is 6.61. The van der Waals surface area contributed by atoms with Gasteiger partial charge < -0.3 is 15.2 Å². The molecule has 100 valence electrons. The van der Waals surface area contributed by atoms with Crippen LogP contribution in [0.2, 0.25) is 0 Å². The summed E-state index contributed by atoms with van der Waals surface area (Å²) in [4.78, 5) is 2.43. The molecule has 4 heteroatoms. The number of hydrogen-bond donors (Lipinski definition) is 1. The summed E-state index contributed by atoms with van der Waals surface area (Å²) < 4.78 is 10.8. The lowest BCUT2D eigenvalue weighted by Gasteiger charge is -2.26. The van der Waals surface area contributed by atoms with E-state index in [1.54, 1.807) is 0 Å². The van der Waals surface area contributed by atoms with Crippen LogP contribution in [0.3, 0.4) is 0 Å². The van der Waals surface area contributed by atoms with Crippen molar-refractivity contribution in [3.63, 3.8) is 0 Å². The summed E-state index contributed by atoms with van der Waals surface area (Å²) in [6.45, 7) is 7.45. The molecule has 1 fully saturated rings. The van der Waals surface area contributed by atoms with Crippen molar-refractivity contribution in [3.05, 3.63) is 23.8 Å². The fourth-order valence-electron chi connectivity index (χ4n) is 2.15. The van der Waals surface area contributed by atoms with Gasteiger partial charge in [0.25, 0.3) is 0 Å². The van der Waals surface area contributed by atoms with E-state index < -0.39 is 0 Å². The van der Waals surface area contributed by atoms with Gasteiger partial charge in [0.15, 0.2) is 0 Å². The van der Waals surface area contributed by atoms with Crippen molar-refractivity contribution in [1.82, 2.24) is 4.90 Å². The number of nitrogens with zero attached hydrogens (tertiary/aromatic N) is 1. The highest BCUT2D eigenvalue weighted by molar-refractivity contribution is 5.54. The standard InChI is InChI=1S/C14H22N2O2/c1-2-18-14-4-3-12(11-13(14)15)5-6-16-7-9-17-10-8-16/h3-4,11H,2,5-10,15H2,1H3. The molecule has 1 heterocycles. The highest BCUT2D eigenvalue weighted by Crippen LogP contribution is 2.22. The van der Waals surface area contributed by atoms with Crippen LogP contribution in [0.25, 0.3) is 0 Å². The van der Waals surface area contributed by atoms with Crippen molar-refractivity contribution in [1.29, 1.82) is 0 Å². The number of benzene rings is 1. The zero-order valence-electron chi connectivity index (χ0n) is 11.0. The molecule has 0 atom stereocenters. The minimum absolute atomic E-state index is 0.650. The van der Waals surface area contributed by atoms with Gasteiger partial charge in [0.05, 0.1) is 25.5 Å². The second-order valence-corrected chi connectivity index (χ2v) is 4.51. The fraction of sp³-hybridized carbons (Fsp3) is 0.571. The number of rotatable bonds is 5. The van der Waals surface area contributed by atoms with Crippen LogP contribution in [0.15, 0.2) is 18.2 Å². The number of nitrogen functional groups attached to an aromatic ring is 1. The van der Waals surface area contributed by atoms with Crippen LogP contribution in [0.1, 0.15) is 12.5 Å². The van der Waals surface area contributed by atoms with Crippen LogP contribution in [-0.2, 0) is 11.2 Å². The molecule has 1 saturated heterocycles. The van der Waals surface area contributed by atoms with Crippen LogP contribution in [0.5, 0.6) is 5.75 Å². The zero-order chi connectivity index (χ0) is 12.8. The van der Waals surface area contributed by atoms with E-state index in [4.69, 9.17) is 15.2 Å². The second-order valence-electron chi connectivity index (χ2n) is 4.51. The molecule has 0 radical (unpaired) electrons. The maximum absolute atomic E-state index is 5.96. The predicted octanol–water partition coefficient (Wildman–Crippen LogP) is 1.54. The van der Waals surface area contributed by atoms with Gasteiger partial charge in [0, 0.05) is 19.6 Å². The summed E-state index contributed by atoms with van der Waals surface area (Å²) in [7, 11) is 0. The molecular formula is C14H22N2O2. The van der Waals surface area contributed by atoms with Crippen LogP contribution < -0.4 is 10.5 Å². The van der Waals surface area contributed by atoms with Crippen LogP contribution in [-0.4, -0.2) is 44.4 Å². The molecule has 0 bridgehead atoms. The van der Waals surface area contributed by atoms with E-state index in [0.717, 1.165) is 50.7 Å². The van der Waals surface area contributed by atoms with Gasteiger partial charge in [-0.25, -0.2) is 0 Å². The Bertz CT molecular complexity index is 376. The number of hydrogen-bond acceptors (Lipinski definition) is 4. The molecule has 4 nitrogen and oxygen atoms in total. The average molecular weight is 250 g/mol. The van der Waals surface area contributed by atoms with Gasteiger partial charge in [-0.3, -0.25) is 4.90 Å². The van der Waals surface area contributed by atoms with Crippen molar-refractivity contribution in [2.75, 3.05) is 45.2 Å². The topological polar surface area (TPSA) is 47.7 Å². The maximum atomic E-state index is 5.96. The predicted molar refractivity (Wildman–Crippen MR) is 73.0 cm³/mol. The molecule has 1 aliphatic rings. The number of ether oxygens (including phenoxy) is 2. The first kappa shape index (κ1) is 13.2. The summed E-state index contributed by atoms with van der Waals surface area (Å²) in [6.07, 6.45) is 1.02. The van der Waals surface area contributed by atoms with Crippen LogP contribution in [0, 0.1) is 0 Å². The Labute approximate surface area is 109 Å². The van der Waals surface area contributed by atoms with E-state index in [2.05, 4.69) is 11.0 Å². The minimum atomic E-state index is 0.650. The highest BCUT2D eigenvalue weighted by atomic mass is 16.5. The molecule has 0 spiro atoms. The molecule has 0 amide bonds. The Balaban J connectivity index is 1.87. The van der Waals surface area contributed by atoms with Gasteiger partial charge in [-0.15, -0.1) is 0 Å². The largest absolute Gasteiger partial charge is 0.492 e. The lowest BCUT2D eigenvalue weighted by molar-refractivity contribution is 0.0384. The first-order valence-corrected chi connectivity index (χ1v) is 6.61. The summed E-state index contributed by atoms with van der Waals surface area (Å²) in [5, 5.41) is 0. The third kappa shape index (κ3) is 3.62. The number of anilines is 1. The lowest BCUT2D eigenvalue weighted by Crippen LogP contribution is -2.37. The molecule has 0 saturated carbocycles. The quantitative estimate of drug-likeness (QED) is 0.805. The summed E-state index contributed by atoms with van der Waals surface area (Å²) in [5.41, 5.74) is 7.96. The van der Waals surface area contributed by atoms with E-state index in [1.807, 2.05) is 19.1 Å². The SMILES string of the molecule is CCOc1ccc(CCN2CCOCC2)cc1N. The van der Waals surface area contributed by atoms with Gasteiger partial charge in [-0.2, -0.15) is 0 Å². The Kier molecular flexibility index (Phi) is 4.84. The molecule has 18 heavy (non-hydrogen) atoms. The van der Waals surface area contributed by atoms with E-state index in [0.29, 0.717) is 6.61 Å². The molecule has 2 N–H and O–H groups in total. The third-order valence-electron chi connectivity index (χ3n) is 3.19. The first-order chi connectivity index (χ1) is 8.79. The van der Waals surface area contributed by atoms with E-state index >= 15 is 0 Å². The Morgan fingerprint density at radius 1 is 1.33 bits per heavy atom. The lowest BCUT2D eigenvalue weighted by atomic mass is 10.1.